The second kappa shape index (κ2) is 15.7. The predicted molar refractivity (Wildman–Crippen MR) is 198 cm³/mol. The number of nitrogens with zero attached hydrogens (tertiary/aromatic N) is 2. The molecule has 0 bridgehead atoms. The standard InChI is InChI=1S/C44H52N2O4/c1-43(2)45(39(31-49-43)27-35-21-13-7-14-22-35)41(47)29-37(25-33-17-9-5-10-18-33)38(26-34-19-11-6-12-20-34)30-42(48)46-40(32-50-44(46,3)4)28-36-23-15-8-16-24-36/h5-24,37-40H,25-32H2,1-4H3/t37-,38-,39+,40+/m1/s1. The number of amides is 2. The monoisotopic (exact) mass is 672 g/mol. The molecule has 0 aliphatic carbocycles. The Morgan fingerprint density at radius 3 is 1.16 bits per heavy atom. The van der Waals surface area contributed by atoms with Crippen LogP contribution in [0.1, 0.15) is 62.8 Å². The molecule has 2 fully saturated rings. The van der Waals surface area contributed by atoms with E-state index >= 15 is 0 Å². The van der Waals surface area contributed by atoms with Crippen LogP contribution in [-0.4, -0.2) is 58.4 Å². The van der Waals surface area contributed by atoms with Gasteiger partial charge in [-0.1, -0.05) is 121 Å². The fourth-order valence-corrected chi connectivity index (χ4v) is 8.14. The normalized spacial score (nSPS) is 20.8. The Bertz CT molecular complexity index is 1550. The van der Waals surface area contributed by atoms with Crippen LogP contribution in [0.5, 0.6) is 0 Å². The van der Waals surface area contributed by atoms with Crippen molar-refractivity contribution in [3.8, 4) is 0 Å². The van der Waals surface area contributed by atoms with Gasteiger partial charge >= 0.3 is 0 Å². The van der Waals surface area contributed by atoms with Crippen LogP contribution >= 0.6 is 0 Å². The molecule has 6 heteroatoms. The molecule has 4 aromatic rings. The summed E-state index contributed by atoms with van der Waals surface area (Å²) in [6.07, 6.45) is 3.51. The molecule has 6 rings (SSSR count). The molecule has 0 spiro atoms. The lowest BCUT2D eigenvalue weighted by Crippen LogP contribution is -2.50. The second-order valence-corrected chi connectivity index (χ2v) is 15.0. The van der Waals surface area contributed by atoms with Gasteiger partial charge in [-0.3, -0.25) is 9.59 Å². The molecule has 2 heterocycles. The number of hydrogen-bond donors (Lipinski definition) is 0. The summed E-state index contributed by atoms with van der Waals surface area (Å²) in [6, 6.07) is 41.3. The van der Waals surface area contributed by atoms with Crippen molar-refractivity contribution in [2.24, 2.45) is 11.8 Å². The highest BCUT2D eigenvalue weighted by Gasteiger charge is 2.46. The average Bonchev–Trinajstić information content (AvgIpc) is 3.58. The summed E-state index contributed by atoms with van der Waals surface area (Å²) in [4.78, 5) is 33.3. The van der Waals surface area contributed by atoms with Crippen LogP contribution in [0.25, 0.3) is 0 Å². The predicted octanol–water partition coefficient (Wildman–Crippen LogP) is 7.90. The zero-order chi connectivity index (χ0) is 35.1. The van der Waals surface area contributed by atoms with Crippen LogP contribution in [0, 0.1) is 11.8 Å². The molecule has 4 atom stereocenters. The Morgan fingerprint density at radius 1 is 0.540 bits per heavy atom. The number of carbonyl (C=O) groups is 2. The van der Waals surface area contributed by atoms with Crippen molar-refractivity contribution in [2.75, 3.05) is 13.2 Å². The third-order valence-corrected chi connectivity index (χ3v) is 10.5. The van der Waals surface area contributed by atoms with Gasteiger partial charge in [0, 0.05) is 12.8 Å². The minimum atomic E-state index is -0.722. The van der Waals surface area contributed by atoms with Gasteiger partial charge < -0.3 is 19.3 Å². The lowest BCUT2D eigenvalue weighted by atomic mass is 9.78. The van der Waals surface area contributed by atoms with E-state index in [4.69, 9.17) is 9.47 Å². The van der Waals surface area contributed by atoms with Crippen molar-refractivity contribution < 1.29 is 19.1 Å². The maximum Gasteiger partial charge on any atom is 0.225 e. The lowest BCUT2D eigenvalue weighted by Gasteiger charge is -2.38. The molecule has 262 valence electrons. The second-order valence-electron chi connectivity index (χ2n) is 15.0. The van der Waals surface area contributed by atoms with Crippen LogP contribution in [0.2, 0.25) is 0 Å². The Balaban J connectivity index is 1.30. The van der Waals surface area contributed by atoms with Gasteiger partial charge in [-0.15, -0.1) is 0 Å². The number of ether oxygens (including phenoxy) is 2. The van der Waals surface area contributed by atoms with Crippen LogP contribution in [-0.2, 0) is 44.7 Å². The van der Waals surface area contributed by atoms with Crippen LogP contribution in [0.3, 0.4) is 0 Å². The topological polar surface area (TPSA) is 59.1 Å². The molecule has 2 aliphatic rings. The zero-order valence-electron chi connectivity index (χ0n) is 30.0. The summed E-state index contributed by atoms with van der Waals surface area (Å²) >= 11 is 0. The first-order valence-electron chi connectivity index (χ1n) is 18.2. The van der Waals surface area contributed by atoms with Crippen molar-refractivity contribution in [1.29, 1.82) is 0 Å². The Hall–Kier alpha value is -4.26. The molecule has 2 amide bonds. The highest BCUT2D eigenvalue weighted by Crippen LogP contribution is 2.36. The van der Waals surface area contributed by atoms with Crippen molar-refractivity contribution in [3.63, 3.8) is 0 Å². The van der Waals surface area contributed by atoms with E-state index < -0.39 is 11.4 Å². The van der Waals surface area contributed by atoms with E-state index in [1.54, 1.807) is 0 Å². The molecule has 6 nitrogen and oxygen atoms in total. The molecular weight excluding hydrogens is 620 g/mol. The van der Waals surface area contributed by atoms with Gasteiger partial charge in [0.15, 0.2) is 0 Å². The lowest BCUT2D eigenvalue weighted by molar-refractivity contribution is -0.150. The van der Waals surface area contributed by atoms with Gasteiger partial charge in [-0.2, -0.15) is 0 Å². The van der Waals surface area contributed by atoms with Gasteiger partial charge in [0.25, 0.3) is 0 Å². The Morgan fingerprint density at radius 2 is 0.840 bits per heavy atom. The largest absolute Gasteiger partial charge is 0.354 e. The van der Waals surface area contributed by atoms with E-state index in [2.05, 4.69) is 72.8 Å². The van der Waals surface area contributed by atoms with Crippen molar-refractivity contribution in [2.45, 2.75) is 89.8 Å². The van der Waals surface area contributed by atoms with Gasteiger partial charge in [-0.05, 0) is 87.5 Å². The zero-order valence-corrected chi connectivity index (χ0v) is 30.0. The minimum Gasteiger partial charge on any atom is -0.354 e. The fraction of sp³-hybridized carbons (Fsp3) is 0.409. The molecular formula is C44H52N2O4. The summed E-state index contributed by atoms with van der Waals surface area (Å²) in [7, 11) is 0. The first-order chi connectivity index (χ1) is 24.1. The van der Waals surface area contributed by atoms with Crippen molar-refractivity contribution >= 4 is 11.8 Å². The molecule has 0 N–H and O–H groups in total. The van der Waals surface area contributed by atoms with Gasteiger partial charge in [0.2, 0.25) is 11.8 Å². The molecule has 2 aliphatic heterocycles. The number of hydrogen-bond acceptors (Lipinski definition) is 4. The summed E-state index contributed by atoms with van der Waals surface area (Å²) in [5.74, 6) is -0.0117. The summed E-state index contributed by atoms with van der Waals surface area (Å²) in [6.45, 7) is 8.97. The van der Waals surface area contributed by atoms with Crippen molar-refractivity contribution in [1.82, 2.24) is 9.80 Å². The quantitative estimate of drug-likeness (QED) is 0.145. The van der Waals surface area contributed by atoms with Crippen LogP contribution < -0.4 is 0 Å². The maximum atomic E-state index is 14.7. The molecule has 50 heavy (non-hydrogen) atoms. The van der Waals surface area contributed by atoms with Gasteiger partial charge in [0.1, 0.15) is 11.4 Å². The number of rotatable bonds is 13. The van der Waals surface area contributed by atoms with Crippen molar-refractivity contribution in [3.05, 3.63) is 144 Å². The van der Waals surface area contributed by atoms with Crippen LogP contribution in [0.15, 0.2) is 121 Å². The fourth-order valence-electron chi connectivity index (χ4n) is 8.14. The van der Waals surface area contributed by atoms with Gasteiger partial charge in [0.05, 0.1) is 25.3 Å². The first-order valence-corrected chi connectivity index (χ1v) is 18.2. The van der Waals surface area contributed by atoms with Gasteiger partial charge in [-0.25, -0.2) is 0 Å². The summed E-state index contributed by atoms with van der Waals surface area (Å²) in [5.41, 5.74) is 3.26. The number of benzene rings is 4. The first kappa shape index (κ1) is 35.6. The Kier molecular flexibility index (Phi) is 11.2. The SMILES string of the molecule is CC1(C)OC[C@H](Cc2ccccc2)N1C(=O)C[C@@H](Cc1ccccc1)[C@@H](CC(=O)N1[C@@H](Cc2ccccc2)COC1(C)C)Cc1ccccc1. The minimum absolute atomic E-state index is 0.0622. The van der Waals surface area contributed by atoms with E-state index in [-0.39, 0.29) is 35.7 Å². The molecule has 0 unspecified atom stereocenters. The molecule has 0 aromatic heterocycles. The smallest absolute Gasteiger partial charge is 0.225 e. The summed E-state index contributed by atoms with van der Waals surface area (Å²) in [5, 5.41) is 0. The third kappa shape index (κ3) is 8.72. The molecule has 2 saturated heterocycles. The van der Waals surface area contributed by atoms with E-state index in [9.17, 15) is 9.59 Å². The molecule has 0 saturated carbocycles. The maximum absolute atomic E-state index is 14.7. The number of carbonyl (C=O) groups excluding carboxylic acids is 2. The van der Waals surface area contributed by atoms with E-state index in [0.29, 0.717) is 38.9 Å². The van der Waals surface area contributed by atoms with E-state index in [1.165, 1.54) is 22.3 Å². The Labute approximate surface area is 298 Å². The van der Waals surface area contributed by atoms with E-state index in [0.717, 1.165) is 12.8 Å². The average molecular weight is 673 g/mol. The van der Waals surface area contributed by atoms with E-state index in [1.807, 2.05) is 86.0 Å². The molecule has 4 aromatic carbocycles. The van der Waals surface area contributed by atoms with Crippen LogP contribution in [0.4, 0.5) is 0 Å². The highest BCUT2D eigenvalue weighted by molar-refractivity contribution is 5.79. The highest BCUT2D eigenvalue weighted by atomic mass is 16.5. The molecule has 0 radical (unpaired) electrons. The summed E-state index contributed by atoms with van der Waals surface area (Å²) < 4.78 is 12.5. The third-order valence-electron chi connectivity index (χ3n) is 10.5.